The summed E-state index contributed by atoms with van der Waals surface area (Å²) in [6, 6.07) is 13.6. The van der Waals surface area contributed by atoms with Gasteiger partial charge in [0.25, 0.3) is 0 Å². The number of ether oxygens (including phenoxy) is 1. The molecule has 4 heteroatoms. The van der Waals surface area contributed by atoms with Crippen LogP contribution in [-0.4, -0.2) is 12.6 Å². The first-order valence-electron chi connectivity index (χ1n) is 8.79. The number of carbonyl (C=O) groups excluding carboxylic acids is 1. The van der Waals surface area contributed by atoms with E-state index >= 15 is 0 Å². The van der Waals surface area contributed by atoms with Crippen molar-refractivity contribution in [3.05, 3.63) is 58.3 Å². The van der Waals surface area contributed by atoms with E-state index in [1.807, 2.05) is 36.4 Å². The van der Waals surface area contributed by atoms with E-state index in [1.165, 1.54) is 0 Å². The Balaban J connectivity index is 1.78. The summed E-state index contributed by atoms with van der Waals surface area (Å²) in [7, 11) is 0. The first-order chi connectivity index (χ1) is 12.2. The largest absolute Gasteiger partial charge is 0.466 e. The van der Waals surface area contributed by atoms with Crippen molar-refractivity contribution < 1.29 is 9.53 Å². The Labute approximate surface area is 151 Å². The third-order valence-corrected chi connectivity index (χ3v) is 5.53. The summed E-state index contributed by atoms with van der Waals surface area (Å²) in [6.07, 6.45) is 3.86. The van der Waals surface area contributed by atoms with Gasteiger partial charge in [-0.2, -0.15) is 0 Å². The molecular weight excluding hydrogens is 332 g/mol. The van der Waals surface area contributed by atoms with E-state index in [0.717, 1.165) is 51.4 Å². The van der Waals surface area contributed by atoms with Crippen LogP contribution in [0.2, 0.25) is 0 Å². The van der Waals surface area contributed by atoms with Gasteiger partial charge in [-0.3, -0.25) is 9.59 Å². The summed E-state index contributed by atoms with van der Waals surface area (Å²) < 4.78 is 7.24. The van der Waals surface area contributed by atoms with Gasteiger partial charge in [-0.1, -0.05) is 37.6 Å². The second kappa shape index (κ2) is 8.26. The molecule has 0 bridgehead atoms. The maximum Gasteiger partial charge on any atom is 0.305 e. The molecule has 3 aromatic rings. The van der Waals surface area contributed by atoms with Crippen LogP contribution in [0.4, 0.5) is 0 Å². The van der Waals surface area contributed by atoms with E-state index in [1.54, 1.807) is 11.3 Å². The highest BCUT2D eigenvalue weighted by Gasteiger charge is 2.10. The van der Waals surface area contributed by atoms with Gasteiger partial charge in [0.15, 0.2) is 5.43 Å². The van der Waals surface area contributed by atoms with E-state index in [2.05, 4.69) is 13.0 Å². The van der Waals surface area contributed by atoms with Crippen LogP contribution in [0.15, 0.2) is 47.3 Å². The zero-order valence-corrected chi connectivity index (χ0v) is 15.2. The smallest absolute Gasteiger partial charge is 0.305 e. The standard InChI is InChI=1S/C21H22O3S/c1-2-3-14-24-19(22)13-7-9-15-8-6-11-17-20(23)16-10-4-5-12-18(16)25-21(15)17/h4-6,8,10-12H,2-3,7,9,13-14H2,1H3. The molecular formula is C21H22O3S. The Morgan fingerprint density at radius 2 is 1.84 bits per heavy atom. The highest BCUT2D eigenvalue weighted by Crippen LogP contribution is 2.28. The molecule has 0 spiro atoms. The van der Waals surface area contributed by atoms with Crippen LogP contribution in [0, 0.1) is 0 Å². The van der Waals surface area contributed by atoms with Crippen LogP contribution in [0.3, 0.4) is 0 Å². The zero-order valence-electron chi connectivity index (χ0n) is 14.4. The molecule has 1 aromatic heterocycles. The molecule has 3 nitrogen and oxygen atoms in total. The number of fused-ring (bicyclic) bond motifs is 2. The molecule has 130 valence electrons. The number of hydrogen-bond acceptors (Lipinski definition) is 4. The van der Waals surface area contributed by atoms with E-state index < -0.39 is 0 Å². The fraction of sp³-hybridized carbons (Fsp3) is 0.333. The van der Waals surface area contributed by atoms with Gasteiger partial charge in [-0.05, 0) is 43.0 Å². The Morgan fingerprint density at radius 3 is 2.68 bits per heavy atom. The van der Waals surface area contributed by atoms with Crippen molar-refractivity contribution in [1.29, 1.82) is 0 Å². The van der Waals surface area contributed by atoms with Crippen molar-refractivity contribution in [2.75, 3.05) is 6.61 Å². The number of benzene rings is 2. The SMILES string of the molecule is CCCCOC(=O)CCCc1cccc2c(=O)c3ccccc3sc12. The predicted molar refractivity (Wildman–Crippen MR) is 104 cm³/mol. The molecule has 0 unspecified atom stereocenters. The summed E-state index contributed by atoms with van der Waals surface area (Å²) in [6.45, 7) is 2.58. The van der Waals surface area contributed by atoms with Crippen LogP contribution in [0.25, 0.3) is 20.2 Å². The fourth-order valence-corrected chi connectivity index (χ4v) is 4.11. The lowest BCUT2D eigenvalue weighted by atomic mass is 10.1. The quantitative estimate of drug-likeness (QED) is 0.337. The van der Waals surface area contributed by atoms with Crippen molar-refractivity contribution in [2.24, 2.45) is 0 Å². The van der Waals surface area contributed by atoms with E-state index in [9.17, 15) is 9.59 Å². The lowest BCUT2D eigenvalue weighted by Crippen LogP contribution is -2.06. The Bertz CT molecular complexity index is 943. The minimum absolute atomic E-state index is 0.0881. The summed E-state index contributed by atoms with van der Waals surface area (Å²) in [5.41, 5.74) is 1.22. The highest BCUT2D eigenvalue weighted by molar-refractivity contribution is 7.24. The van der Waals surface area contributed by atoms with Gasteiger partial charge in [0, 0.05) is 26.6 Å². The summed E-state index contributed by atoms with van der Waals surface area (Å²) in [5.74, 6) is -0.132. The van der Waals surface area contributed by atoms with Crippen LogP contribution in [0.1, 0.15) is 38.2 Å². The van der Waals surface area contributed by atoms with E-state index in [-0.39, 0.29) is 11.4 Å². The van der Waals surface area contributed by atoms with Crippen molar-refractivity contribution in [3.8, 4) is 0 Å². The Morgan fingerprint density at radius 1 is 1.04 bits per heavy atom. The number of esters is 1. The maximum atomic E-state index is 12.7. The van der Waals surface area contributed by atoms with E-state index in [4.69, 9.17) is 4.74 Å². The number of carbonyl (C=O) groups is 1. The molecule has 0 radical (unpaired) electrons. The minimum Gasteiger partial charge on any atom is -0.466 e. The van der Waals surface area contributed by atoms with Gasteiger partial charge in [0.1, 0.15) is 0 Å². The van der Waals surface area contributed by atoms with Gasteiger partial charge < -0.3 is 4.74 Å². The van der Waals surface area contributed by atoms with Crippen molar-refractivity contribution in [1.82, 2.24) is 0 Å². The minimum atomic E-state index is -0.132. The average Bonchev–Trinajstić information content (AvgIpc) is 2.63. The molecule has 0 saturated heterocycles. The van der Waals surface area contributed by atoms with Crippen LogP contribution in [0.5, 0.6) is 0 Å². The molecule has 0 aliphatic carbocycles. The Kier molecular flexibility index (Phi) is 5.82. The van der Waals surface area contributed by atoms with Crippen molar-refractivity contribution >= 4 is 37.5 Å². The highest BCUT2D eigenvalue weighted by atomic mass is 32.1. The van der Waals surface area contributed by atoms with Gasteiger partial charge in [0.05, 0.1) is 6.61 Å². The van der Waals surface area contributed by atoms with Gasteiger partial charge in [-0.15, -0.1) is 11.3 Å². The zero-order chi connectivity index (χ0) is 17.6. The van der Waals surface area contributed by atoms with Crippen molar-refractivity contribution in [3.63, 3.8) is 0 Å². The normalized spacial score (nSPS) is 11.1. The molecule has 0 N–H and O–H groups in total. The molecule has 25 heavy (non-hydrogen) atoms. The summed E-state index contributed by atoms with van der Waals surface area (Å²) in [4.78, 5) is 24.4. The number of unbranched alkanes of at least 4 members (excludes halogenated alkanes) is 1. The van der Waals surface area contributed by atoms with Crippen molar-refractivity contribution in [2.45, 2.75) is 39.0 Å². The van der Waals surface area contributed by atoms with Crippen LogP contribution < -0.4 is 5.43 Å². The average molecular weight is 354 g/mol. The molecule has 0 aliphatic rings. The second-order valence-electron chi connectivity index (χ2n) is 6.15. The molecule has 0 aliphatic heterocycles. The second-order valence-corrected chi connectivity index (χ2v) is 7.20. The third-order valence-electron chi connectivity index (χ3n) is 4.27. The summed E-state index contributed by atoms with van der Waals surface area (Å²) >= 11 is 1.65. The van der Waals surface area contributed by atoms with E-state index in [0.29, 0.717) is 13.0 Å². The van der Waals surface area contributed by atoms with Crippen LogP contribution in [-0.2, 0) is 16.0 Å². The Hall–Kier alpha value is -2.20. The lowest BCUT2D eigenvalue weighted by molar-refractivity contribution is -0.143. The van der Waals surface area contributed by atoms with Gasteiger partial charge in [-0.25, -0.2) is 0 Å². The number of hydrogen-bond donors (Lipinski definition) is 0. The lowest BCUT2D eigenvalue weighted by Gasteiger charge is -2.07. The molecule has 3 rings (SSSR count). The first-order valence-corrected chi connectivity index (χ1v) is 9.61. The monoisotopic (exact) mass is 354 g/mol. The molecule has 1 heterocycles. The molecule has 0 atom stereocenters. The van der Waals surface area contributed by atoms with Gasteiger partial charge in [0.2, 0.25) is 0 Å². The topological polar surface area (TPSA) is 43.4 Å². The molecule has 2 aromatic carbocycles. The fourth-order valence-electron chi connectivity index (χ4n) is 2.90. The molecule has 0 saturated carbocycles. The number of aryl methyl sites for hydroxylation is 1. The first kappa shape index (κ1) is 17.6. The third kappa shape index (κ3) is 4.07. The maximum absolute atomic E-state index is 12.7. The molecule has 0 amide bonds. The number of rotatable bonds is 7. The molecule has 0 fully saturated rings. The van der Waals surface area contributed by atoms with Crippen LogP contribution >= 0.6 is 11.3 Å². The van der Waals surface area contributed by atoms with Gasteiger partial charge >= 0.3 is 5.97 Å². The summed E-state index contributed by atoms with van der Waals surface area (Å²) in [5, 5.41) is 1.54. The predicted octanol–water partition coefficient (Wildman–Crippen LogP) is 5.08.